The van der Waals surface area contributed by atoms with Crippen molar-refractivity contribution in [2.24, 2.45) is 0 Å². The van der Waals surface area contributed by atoms with Crippen LogP contribution in [0.3, 0.4) is 0 Å². The fourth-order valence-electron chi connectivity index (χ4n) is 1.79. The van der Waals surface area contributed by atoms with Crippen LogP contribution in [0.25, 0.3) is 0 Å². The van der Waals surface area contributed by atoms with Gasteiger partial charge in [-0.05, 0) is 13.3 Å². The standard InChI is InChI=1S/C9H12N2O2/c1-2-11-8(12)6-4-3-5-7(10-6)9(11)13/h3-4,6-7,10H,2,5H2,1H3. The minimum atomic E-state index is -0.281. The van der Waals surface area contributed by atoms with E-state index >= 15 is 0 Å². The molecule has 1 fully saturated rings. The van der Waals surface area contributed by atoms with E-state index in [1.54, 1.807) is 0 Å². The van der Waals surface area contributed by atoms with Gasteiger partial charge in [-0.3, -0.25) is 19.8 Å². The number of hydrogen-bond donors (Lipinski definition) is 1. The molecule has 2 aliphatic rings. The van der Waals surface area contributed by atoms with Crippen molar-refractivity contribution in [3.63, 3.8) is 0 Å². The minimum absolute atomic E-state index is 0.0897. The van der Waals surface area contributed by atoms with Crippen LogP contribution in [0.2, 0.25) is 0 Å². The first kappa shape index (κ1) is 8.44. The van der Waals surface area contributed by atoms with Crippen LogP contribution in [0.15, 0.2) is 12.2 Å². The lowest BCUT2D eigenvalue weighted by atomic mass is 9.99. The van der Waals surface area contributed by atoms with Crippen LogP contribution in [0, 0.1) is 0 Å². The number of carbonyl (C=O) groups excluding carboxylic acids is 2. The van der Waals surface area contributed by atoms with Gasteiger partial charge in [-0.15, -0.1) is 0 Å². The normalized spacial score (nSPS) is 32.5. The van der Waals surface area contributed by atoms with E-state index in [9.17, 15) is 9.59 Å². The van der Waals surface area contributed by atoms with E-state index in [2.05, 4.69) is 5.32 Å². The molecule has 4 heteroatoms. The lowest BCUT2D eigenvalue weighted by molar-refractivity contribution is -0.151. The molecule has 2 bridgehead atoms. The maximum absolute atomic E-state index is 11.6. The summed E-state index contributed by atoms with van der Waals surface area (Å²) >= 11 is 0. The van der Waals surface area contributed by atoms with Gasteiger partial charge in [-0.1, -0.05) is 12.2 Å². The summed E-state index contributed by atoms with van der Waals surface area (Å²) in [6.45, 7) is 2.29. The first-order valence-corrected chi connectivity index (χ1v) is 4.52. The van der Waals surface area contributed by atoms with Crippen LogP contribution in [-0.2, 0) is 9.59 Å². The average Bonchev–Trinajstić information content (AvgIpc) is 2.17. The van der Waals surface area contributed by atoms with Gasteiger partial charge in [0.05, 0.1) is 6.04 Å². The van der Waals surface area contributed by atoms with Crippen LogP contribution in [0.5, 0.6) is 0 Å². The number of rotatable bonds is 1. The molecule has 13 heavy (non-hydrogen) atoms. The van der Waals surface area contributed by atoms with Gasteiger partial charge < -0.3 is 0 Å². The first-order valence-electron chi connectivity index (χ1n) is 4.52. The summed E-state index contributed by atoms with van der Waals surface area (Å²) < 4.78 is 0. The van der Waals surface area contributed by atoms with E-state index in [4.69, 9.17) is 0 Å². The van der Waals surface area contributed by atoms with Crippen molar-refractivity contribution >= 4 is 11.8 Å². The van der Waals surface area contributed by atoms with Crippen LogP contribution >= 0.6 is 0 Å². The Morgan fingerprint density at radius 2 is 2.31 bits per heavy atom. The number of carbonyl (C=O) groups is 2. The largest absolute Gasteiger partial charge is 0.291 e. The predicted octanol–water partition coefficient (Wildman–Crippen LogP) is -0.338. The molecule has 0 aromatic carbocycles. The molecular weight excluding hydrogens is 168 g/mol. The van der Waals surface area contributed by atoms with Crippen LogP contribution in [0.1, 0.15) is 13.3 Å². The average molecular weight is 180 g/mol. The van der Waals surface area contributed by atoms with Gasteiger partial charge in [0, 0.05) is 6.54 Å². The second kappa shape index (κ2) is 2.96. The van der Waals surface area contributed by atoms with Gasteiger partial charge in [0.15, 0.2) is 0 Å². The highest BCUT2D eigenvalue weighted by Gasteiger charge is 2.39. The maximum Gasteiger partial charge on any atom is 0.250 e. The van der Waals surface area contributed by atoms with E-state index in [1.165, 1.54) is 4.90 Å². The highest BCUT2D eigenvalue weighted by molar-refractivity contribution is 6.04. The second-order valence-corrected chi connectivity index (χ2v) is 3.28. The van der Waals surface area contributed by atoms with Gasteiger partial charge in [0.25, 0.3) is 0 Å². The molecule has 1 N–H and O–H groups in total. The van der Waals surface area contributed by atoms with Crippen molar-refractivity contribution in [1.29, 1.82) is 0 Å². The van der Waals surface area contributed by atoms with E-state index < -0.39 is 0 Å². The Morgan fingerprint density at radius 1 is 1.54 bits per heavy atom. The molecule has 0 aliphatic carbocycles. The zero-order valence-corrected chi connectivity index (χ0v) is 7.49. The molecule has 1 saturated heterocycles. The van der Waals surface area contributed by atoms with Crippen molar-refractivity contribution < 1.29 is 9.59 Å². The fraction of sp³-hybridized carbons (Fsp3) is 0.556. The van der Waals surface area contributed by atoms with Gasteiger partial charge >= 0.3 is 0 Å². The van der Waals surface area contributed by atoms with Crippen LogP contribution in [-0.4, -0.2) is 35.3 Å². The molecule has 2 amide bonds. The molecule has 70 valence electrons. The smallest absolute Gasteiger partial charge is 0.250 e. The van der Waals surface area contributed by atoms with Crippen molar-refractivity contribution in [2.45, 2.75) is 25.4 Å². The summed E-state index contributed by atoms with van der Waals surface area (Å²) in [4.78, 5) is 24.5. The molecule has 2 rings (SSSR count). The summed E-state index contributed by atoms with van der Waals surface area (Å²) in [6.07, 6.45) is 4.42. The van der Waals surface area contributed by atoms with Gasteiger partial charge in [0.1, 0.15) is 6.04 Å². The summed E-state index contributed by atoms with van der Waals surface area (Å²) in [5.74, 6) is -0.215. The van der Waals surface area contributed by atoms with E-state index in [0.29, 0.717) is 13.0 Å². The third-order valence-electron chi connectivity index (χ3n) is 2.49. The zero-order valence-electron chi connectivity index (χ0n) is 7.49. The Bertz CT molecular complexity index is 285. The van der Waals surface area contributed by atoms with Crippen molar-refractivity contribution in [3.8, 4) is 0 Å². The van der Waals surface area contributed by atoms with E-state index in [-0.39, 0.29) is 23.9 Å². The molecule has 0 radical (unpaired) electrons. The Morgan fingerprint density at radius 3 is 3.00 bits per heavy atom. The Labute approximate surface area is 76.6 Å². The quantitative estimate of drug-likeness (QED) is 0.443. The zero-order chi connectivity index (χ0) is 9.42. The number of hydrogen-bond acceptors (Lipinski definition) is 3. The number of amides is 2. The lowest BCUT2D eigenvalue weighted by Gasteiger charge is -2.36. The Hall–Kier alpha value is -1.16. The third-order valence-corrected chi connectivity index (χ3v) is 2.49. The van der Waals surface area contributed by atoms with Crippen molar-refractivity contribution in [2.75, 3.05) is 6.54 Å². The molecule has 4 nitrogen and oxygen atoms in total. The molecule has 2 unspecified atom stereocenters. The molecule has 0 aromatic rings. The number of nitrogens with one attached hydrogen (secondary N) is 1. The topological polar surface area (TPSA) is 49.4 Å². The van der Waals surface area contributed by atoms with Crippen LogP contribution in [0.4, 0.5) is 0 Å². The molecular formula is C9H12N2O2. The number of imide groups is 1. The Balaban J connectivity index is 2.30. The van der Waals surface area contributed by atoms with Crippen molar-refractivity contribution in [3.05, 3.63) is 12.2 Å². The van der Waals surface area contributed by atoms with Gasteiger partial charge in [-0.25, -0.2) is 0 Å². The van der Waals surface area contributed by atoms with Crippen molar-refractivity contribution in [1.82, 2.24) is 10.2 Å². The molecule has 2 heterocycles. The van der Waals surface area contributed by atoms with E-state index in [1.807, 2.05) is 19.1 Å². The third kappa shape index (κ3) is 1.18. The number of piperazine rings is 1. The van der Waals surface area contributed by atoms with Crippen LogP contribution < -0.4 is 5.32 Å². The van der Waals surface area contributed by atoms with E-state index in [0.717, 1.165) is 0 Å². The summed E-state index contributed by atoms with van der Waals surface area (Å²) in [7, 11) is 0. The lowest BCUT2D eigenvalue weighted by Crippen LogP contribution is -2.63. The first-order chi connectivity index (χ1) is 6.24. The highest BCUT2D eigenvalue weighted by Crippen LogP contribution is 2.15. The molecule has 2 aliphatic heterocycles. The SMILES string of the molecule is CCN1C(=O)C2C=CCC(N2)C1=O. The molecule has 0 spiro atoms. The summed E-state index contributed by atoms with van der Waals surface area (Å²) in [5, 5.41) is 2.99. The van der Waals surface area contributed by atoms with Gasteiger partial charge in [-0.2, -0.15) is 0 Å². The fourth-order valence-corrected chi connectivity index (χ4v) is 1.79. The van der Waals surface area contributed by atoms with Gasteiger partial charge in [0.2, 0.25) is 11.8 Å². The predicted molar refractivity (Wildman–Crippen MR) is 46.9 cm³/mol. The molecule has 0 saturated carbocycles. The molecule has 0 aromatic heterocycles. The Kier molecular flexibility index (Phi) is 1.92. The highest BCUT2D eigenvalue weighted by atomic mass is 16.2. The summed E-state index contributed by atoms with van der Waals surface area (Å²) in [5.41, 5.74) is 0. The second-order valence-electron chi connectivity index (χ2n) is 3.28. The molecule has 2 atom stereocenters. The number of fused-ring (bicyclic) bond motifs is 2. The maximum atomic E-state index is 11.6. The number of nitrogens with zero attached hydrogens (tertiary/aromatic N) is 1. The summed E-state index contributed by atoms with van der Waals surface area (Å²) in [6, 6.07) is -0.468. The number of likely N-dealkylation sites (N-methyl/N-ethyl adjacent to an activating group) is 1. The minimum Gasteiger partial charge on any atom is -0.291 e. The monoisotopic (exact) mass is 180 g/mol.